The number of nitrogens with zero attached hydrogens (tertiary/aromatic N) is 3. The molecule has 7 nitrogen and oxygen atoms in total. The fourth-order valence-electron chi connectivity index (χ4n) is 3.55. The van der Waals surface area contributed by atoms with Gasteiger partial charge in [0.25, 0.3) is 0 Å². The number of aryl methyl sites for hydroxylation is 1. The molecule has 7 heteroatoms. The van der Waals surface area contributed by atoms with Crippen LogP contribution in [0.3, 0.4) is 0 Å². The third kappa shape index (κ3) is 3.63. The topological polar surface area (TPSA) is 101 Å². The molecule has 1 aromatic carbocycles. The van der Waals surface area contributed by atoms with Gasteiger partial charge in [-0.1, -0.05) is 24.3 Å². The molecule has 148 valence electrons. The molecule has 0 radical (unpaired) electrons. The zero-order valence-electron chi connectivity index (χ0n) is 16.6. The number of aromatic nitrogens is 2. The number of hydrogen-bond acceptors (Lipinski definition) is 5. The lowest BCUT2D eigenvalue weighted by Crippen LogP contribution is -2.26. The smallest absolute Gasteiger partial charge is 0.229 e. The number of carbonyl (C=O) groups is 2. The van der Waals surface area contributed by atoms with Crippen molar-refractivity contribution in [1.29, 1.82) is 0 Å². The molecule has 0 aliphatic heterocycles. The molecule has 3 aromatic rings. The Labute approximate surface area is 168 Å². The third-order valence-electron chi connectivity index (χ3n) is 5.30. The van der Waals surface area contributed by atoms with Crippen LogP contribution in [0, 0.1) is 18.8 Å². The molecule has 0 saturated heterocycles. The van der Waals surface area contributed by atoms with E-state index in [0.29, 0.717) is 18.1 Å². The van der Waals surface area contributed by atoms with Crippen LogP contribution in [0.2, 0.25) is 0 Å². The minimum Gasteiger partial charge on any atom is -0.383 e. The van der Waals surface area contributed by atoms with Crippen LogP contribution < -0.4 is 11.1 Å². The summed E-state index contributed by atoms with van der Waals surface area (Å²) in [5.41, 5.74) is 9.04. The van der Waals surface area contributed by atoms with Crippen molar-refractivity contribution < 1.29 is 9.59 Å². The zero-order valence-corrected chi connectivity index (χ0v) is 16.6. The van der Waals surface area contributed by atoms with Crippen molar-refractivity contribution in [2.45, 2.75) is 13.3 Å². The Hall–Kier alpha value is -3.48. The fraction of sp³-hybridized carbons (Fsp3) is 0.273. The molecule has 1 fully saturated rings. The molecular formula is C22H23N5O2. The molecule has 2 amide bonds. The first kappa shape index (κ1) is 18.9. The number of pyridine rings is 2. The van der Waals surface area contributed by atoms with Crippen molar-refractivity contribution >= 4 is 34.2 Å². The van der Waals surface area contributed by atoms with E-state index in [0.717, 1.165) is 27.6 Å². The molecule has 1 aliphatic carbocycles. The second-order valence-corrected chi connectivity index (χ2v) is 7.67. The second-order valence-electron chi connectivity index (χ2n) is 7.67. The van der Waals surface area contributed by atoms with Gasteiger partial charge in [-0.05, 0) is 36.4 Å². The SMILES string of the molecule is Cc1ccccc1-c1cc2cc(NC(=O)[C@@H]3C[C@@H]3C(=O)N(C)C)ncc2c(N)n1. The Morgan fingerprint density at radius 1 is 1.17 bits per heavy atom. The maximum Gasteiger partial charge on any atom is 0.229 e. The van der Waals surface area contributed by atoms with Crippen molar-refractivity contribution in [2.75, 3.05) is 25.1 Å². The van der Waals surface area contributed by atoms with Crippen molar-refractivity contribution in [2.24, 2.45) is 11.8 Å². The number of amides is 2. The number of rotatable bonds is 4. The van der Waals surface area contributed by atoms with Crippen LogP contribution >= 0.6 is 0 Å². The first-order valence-corrected chi connectivity index (χ1v) is 9.49. The molecule has 1 saturated carbocycles. The summed E-state index contributed by atoms with van der Waals surface area (Å²) in [5.74, 6) is 0.0960. The molecule has 4 rings (SSSR count). The number of carbonyl (C=O) groups excluding carboxylic acids is 2. The summed E-state index contributed by atoms with van der Waals surface area (Å²) in [6.45, 7) is 2.02. The molecule has 0 unspecified atom stereocenters. The van der Waals surface area contributed by atoms with Gasteiger partial charge < -0.3 is 16.0 Å². The van der Waals surface area contributed by atoms with E-state index in [1.807, 2.05) is 37.3 Å². The molecule has 29 heavy (non-hydrogen) atoms. The molecule has 3 N–H and O–H groups in total. The van der Waals surface area contributed by atoms with Crippen molar-refractivity contribution in [3.63, 3.8) is 0 Å². The van der Waals surface area contributed by atoms with Gasteiger partial charge in [0.1, 0.15) is 11.6 Å². The Kier molecular flexibility index (Phi) is 4.66. The van der Waals surface area contributed by atoms with Gasteiger partial charge in [0.15, 0.2) is 0 Å². The van der Waals surface area contributed by atoms with Gasteiger partial charge in [-0.3, -0.25) is 9.59 Å². The molecule has 2 heterocycles. The number of fused-ring (bicyclic) bond motifs is 1. The van der Waals surface area contributed by atoms with Gasteiger partial charge >= 0.3 is 0 Å². The van der Waals surface area contributed by atoms with Gasteiger partial charge in [0.2, 0.25) is 11.8 Å². The largest absolute Gasteiger partial charge is 0.383 e. The molecule has 1 aliphatic rings. The minimum absolute atomic E-state index is 0.0154. The number of nitrogens with one attached hydrogen (secondary N) is 1. The molecule has 2 aromatic heterocycles. The molecular weight excluding hydrogens is 366 g/mol. The Morgan fingerprint density at radius 3 is 2.66 bits per heavy atom. The summed E-state index contributed by atoms with van der Waals surface area (Å²) < 4.78 is 0. The average molecular weight is 389 g/mol. The van der Waals surface area contributed by atoms with E-state index in [1.54, 1.807) is 26.4 Å². The maximum atomic E-state index is 12.5. The summed E-state index contributed by atoms with van der Waals surface area (Å²) in [4.78, 5) is 34.8. The minimum atomic E-state index is -0.299. The van der Waals surface area contributed by atoms with Crippen molar-refractivity contribution in [3.8, 4) is 11.3 Å². The molecule has 2 atom stereocenters. The monoisotopic (exact) mass is 389 g/mol. The van der Waals surface area contributed by atoms with Gasteiger partial charge in [-0.2, -0.15) is 0 Å². The van der Waals surface area contributed by atoms with Gasteiger partial charge in [0.05, 0.1) is 17.5 Å². The zero-order chi connectivity index (χ0) is 20.7. The highest BCUT2D eigenvalue weighted by Crippen LogP contribution is 2.40. The Bertz CT molecular complexity index is 1130. The third-order valence-corrected chi connectivity index (χ3v) is 5.30. The van der Waals surface area contributed by atoms with Gasteiger partial charge in [0, 0.05) is 31.2 Å². The van der Waals surface area contributed by atoms with E-state index in [9.17, 15) is 9.59 Å². The highest BCUT2D eigenvalue weighted by molar-refractivity contribution is 6.01. The second kappa shape index (κ2) is 7.16. The number of hydrogen-bond donors (Lipinski definition) is 2. The van der Waals surface area contributed by atoms with E-state index in [-0.39, 0.29) is 23.7 Å². The standard InChI is InChI=1S/C22H23N5O2/c1-12-6-4-5-7-14(12)18-8-13-9-19(24-11-17(13)20(23)25-18)26-21(28)15-10-16(15)22(29)27(2)3/h4-9,11,15-16H,10H2,1-3H3,(H2,23,25)(H,24,26,28)/t15-,16+/m1/s1. The number of nitrogens with two attached hydrogens (primary N) is 1. The van der Waals surface area contributed by atoms with E-state index in [4.69, 9.17) is 5.73 Å². The van der Waals surface area contributed by atoms with Crippen LogP contribution in [-0.2, 0) is 9.59 Å². The van der Waals surface area contributed by atoms with E-state index < -0.39 is 0 Å². The molecule has 0 bridgehead atoms. The highest BCUT2D eigenvalue weighted by atomic mass is 16.2. The summed E-state index contributed by atoms with van der Waals surface area (Å²) in [7, 11) is 3.40. The van der Waals surface area contributed by atoms with Crippen LogP contribution in [0.5, 0.6) is 0 Å². The average Bonchev–Trinajstić information content (AvgIpc) is 3.48. The lowest BCUT2D eigenvalue weighted by Gasteiger charge is -2.11. The first-order chi connectivity index (χ1) is 13.8. The quantitative estimate of drug-likeness (QED) is 0.714. The predicted octanol–water partition coefficient (Wildman–Crippen LogP) is 2.85. The number of benzene rings is 1. The number of anilines is 2. The fourth-order valence-corrected chi connectivity index (χ4v) is 3.55. The van der Waals surface area contributed by atoms with Crippen molar-refractivity contribution in [3.05, 3.63) is 48.2 Å². The van der Waals surface area contributed by atoms with Gasteiger partial charge in [-0.15, -0.1) is 0 Å². The van der Waals surface area contributed by atoms with Crippen LogP contribution in [-0.4, -0.2) is 40.8 Å². The lowest BCUT2D eigenvalue weighted by atomic mass is 10.0. The lowest BCUT2D eigenvalue weighted by molar-refractivity contribution is -0.131. The van der Waals surface area contributed by atoms with Crippen LogP contribution in [0.1, 0.15) is 12.0 Å². The maximum absolute atomic E-state index is 12.5. The van der Waals surface area contributed by atoms with E-state index in [2.05, 4.69) is 15.3 Å². The van der Waals surface area contributed by atoms with Crippen LogP contribution in [0.15, 0.2) is 42.6 Å². The van der Waals surface area contributed by atoms with E-state index in [1.165, 1.54) is 4.90 Å². The van der Waals surface area contributed by atoms with E-state index >= 15 is 0 Å². The Morgan fingerprint density at radius 2 is 1.93 bits per heavy atom. The highest BCUT2D eigenvalue weighted by Gasteiger charge is 2.48. The summed E-state index contributed by atoms with van der Waals surface area (Å²) in [5, 5.41) is 4.40. The number of nitrogen functional groups attached to an aromatic ring is 1. The summed E-state index contributed by atoms with van der Waals surface area (Å²) in [6.07, 6.45) is 2.19. The van der Waals surface area contributed by atoms with Crippen molar-refractivity contribution in [1.82, 2.24) is 14.9 Å². The molecule has 0 spiro atoms. The van der Waals surface area contributed by atoms with Crippen LogP contribution in [0.25, 0.3) is 22.0 Å². The summed E-state index contributed by atoms with van der Waals surface area (Å²) >= 11 is 0. The predicted molar refractivity (Wildman–Crippen MR) is 113 cm³/mol. The van der Waals surface area contributed by atoms with Crippen LogP contribution in [0.4, 0.5) is 11.6 Å². The van der Waals surface area contributed by atoms with Gasteiger partial charge in [-0.25, -0.2) is 9.97 Å². The Balaban J connectivity index is 1.60. The summed E-state index contributed by atoms with van der Waals surface area (Å²) in [6, 6.07) is 11.7. The first-order valence-electron chi connectivity index (χ1n) is 9.49. The normalized spacial score (nSPS) is 17.8.